The monoisotopic (exact) mass is 219 g/mol. The summed E-state index contributed by atoms with van der Waals surface area (Å²) >= 11 is 5.66. The Bertz CT molecular complexity index is 198. The summed E-state index contributed by atoms with van der Waals surface area (Å²) in [6.45, 7) is 10.3. The van der Waals surface area contributed by atoms with Gasteiger partial charge in [-0.3, -0.25) is 4.79 Å². The van der Waals surface area contributed by atoms with Crippen molar-refractivity contribution < 1.29 is 4.79 Å². The molecule has 0 saturated heterocycles. The van der Waals surface area contributed by atoms with E-state index in [-0.39, 0.29) is 23.3 Å². The molecule has 0 aromatic rings. The second-order valence-corrected chi connectivity index (χ2v) is 5.36. The van der Waals surface area contributed by atoms with E-state index < -0.39 is 0 Å². The van der Waals surface area contributed by atoms with Crippen molar-refractivity contribution in [2.24, 2.45) is 11.3 Å². The molecule has 1 amide bonds. The molecule has 0 aromatic heterocycles. The molecule has 0 aromatic carbocycles. The first-order valence-electron chi connectivity index (χ1n) is 5.04. The van der Waals surface area contributed by atoms with Crippen LogP contribution in [0.15, 0.2) is 0 Å². The standard InChI is InChI=1S/C11H22ClNO/c1-8(7-12)10(14)13(6)9(2)11(3,4)5/h8-9H,7H2,1-6H3. The van der Waals surface area contributed by atoms with Crippen molar-refractivity contribution in [3.63, 3.8) is 0 Å². The van der Waals surface area contributed by atoms with Crippen LogP contribution in [-0.4, -0.2) is 29.8 Å². The zero-order valence-corrected chi connectivity index (χ0v) is 10.9. The number of nitrogens with zero attached hydrogens (tertiary/aromatic N) is 1. The molecule has 0 aliphatic heterocycles. The molecular weight excluding hydrogens is 198 g/mol. The Kier molecular flexibility index (Phi) is 4.93. The first-order chi connectivity index (χ1) is 6.21. The Labute approximate surface area is 92.6 Å². The Morgan fingerprint density at radius 3 is 2.07 bits per heavy atom. The van der Waals surface area contributed by atoms with Gasteiger partial charge in [0.25, 0.3) is 0 Å². The van der Waals surface area contributed by atoms with Gasteiger partial charge in [-0.05, 0) is 12.3 Å². The predicted octanol–water partition coefficient (Wildman–Crippen LogP) is 2.75. The van der Waals surface area contributed by atoms with E-state index >= 15 is 0 Å². The van der Waals surface area contributed by atoms with Gasteiger partial charge in [-0.25, -0.2) is 0 Å². The Morgan fingerprint density at radius 2 is 1.79 bits per heavy atom. The molecule has 2 nitrogen and oxygen atoms in total. The highest BCUT2D eigenvalue weighted by Gasteiger charge is 2.28. The molecule has 0 spiro atoms. The molecule has 0 heterocycles. The Balaban J connectivity index is 4.47. The average Bonchev–Trinajstić information content (AvgIpc) is 2.11. The van der Waals surface area contributed by atoms with Crippen LogP contribution in [0.3, 0.4) is 0 Å². The molecule has 0 radical (unpaired) electrons. The van der Waals surface area contributed by atoms with Crippen LogP contribution in [0.5, 0.6) is 0 Å². The van der Waals surface area contributed by atoms with Crippen molar-refractivity contribution in [2.75, 3.05) is 12.9 Å². The molecule has 2 atom stereocenters. The molecule has 0 rings (SSSR count). The van der Waals surface area contributed by atoms with Crippen molar-refractivity contribution in [1.29, 1.82) is 0 Å². The zero-order valence-electron chi connectivity index (χ0n) is 10.1. The highest BCUT2D eigenvalue weighted by molar-refractivity contribution is 6.19. The van der Waals surface area contributed by atoms with Crippen LogP contribution in [0.4, 0.5) is 0 Å². The van der Waals surface area contributed by atoms with Crippen LogP contribution < -0.4 is 0 Å². The van der Waals surface area contributed by atoms with Gasteiger partial charge in [0.1, 0.15) is 0 Å². The normalized spacial score (nSPS) is 16.2. The first kappa shape index (κ1) is 13.8. The summed E-state index contributed by atoms with van der Waals surface area (Å²) < 4.78 is 0. The van der Waals surface area contributed by atoms with E-state index in [4.69, 9.17) is 11.6 Å². The highest BCUT2D eigenvalue weighted by atomic mass is 35.5. The fourth-order valence-corrected chi connectivity index (χ4v) is 1.32. The minimum atomic E-state index is -0.0912. The Hall–Kier alpha value is -0.240. The van der Waals surface area contributed by atoms with Gasteiger partial charge in [0.05, 0.1) is 0 Å². The molecular formula is C11H22ClNO. The van der Waals surface area contributed by atoms with Gasteiger partial charge in [-0.1, -0.05) is 27.7 Å². The number of halogens is 1. The zero-order chi connectivity index (χ0) is 11.5. The topological polar surface area (TPSA) is 20.3 Å². The number of alkyl halides is 1. The third-order valence-electron chi connectivity index (χ3n) is 2.83. The molecule has 0 bridgehead atoms. The largest absolute Gasteiger partial charge is 0.342 e. The van der Waals surface area contributed by atoms with Gasteiger partial charge in [-0.2, -0.15) is 0 Å². The quantitative estimate of drug-likeness (QED) is 0.669. The number of hydrogen-bond acceptors (Lipinski definition) is 1. The SMILES string of the molecule is CC(CCl)C(=O)N(C)C(C)C(C)(C)C. The molecule has 0 saturated carbocycles. The third kappa shape index (κ3) is 3.49. The van der Waals surface area contributed by atoms with Gasteiger partial charge in [0.15, 0.2) is 0 Å². The fraction of sp³-hybridized carbons (Fsp3) is 0.909. The second-order valence-electron chi connectivity index (χ2n) is 5.05. The predicted molar refractivity (Wildman–Crippen MR) is 61.6 cm³/mol. The summed E-state index contributed by atoms with van der Waals surface area (Å²) in [6, 6.07) is 0.223. The highest BCUT2D eigenvalue weighted by Crippen LogP contribution is 2.24. The van der Waals surface area contributed by atoms with Crippen LogP contribution in [0.2, 0.25) is 0 Å². The van der Waals surface area contributed by atoms with Crippen LogP contribution in [0.1, 0.15) is 34.6 Å². The van der Waals surface area contributed by atoms with Crippen molar-refractivity contribution in [2.45, 2.75) is 40.7 Å². The van der Waals surface area contributed by atoms with E-state index in [0.29, 0.717) is 5.88 Å². The molecule has 0 aliphatic rings. The summed E-state index contributed by atoms with van der Waals surface area (Å²) in [7, 11) is 1.85. The second kappa shape index (κ2) is 5.01. The molecule has 3 heteroatoms. The molecule has 0 N–H and O–H groups in total. The minimum absolute atomic E-state index is 0.0912. The summed E-state index contributed by atoms with van der Waals surface area (Å²) in [5.74, 6) is 0.425. The number of hydrogen-bond donors (Lipinski definition) is 0. The van der Waals surface area contributed by atoms with Crippen LogP contribution in [0, 0.1) is 11.3 Å². The van der Waals surface area contributed by atoms with Gasteiger partial charge in [0.2, 0.25) is 5.91 Å². The lowest BCUT2D eigenvalue weighted by atomic mass is 9.87. The minimum Gasteiger partial charge on any atom is -0.342 e. The van der Waals surface area contributed by atoms with E-state index in [2.05, 4.69) is 27.7 Å². The van der Waals surface area contributed by atoms with E-state index in [1.807, 2.05) is 14.0 Å². The van der Waals surface area contributed by atoms with Crippen LogP contribution >= 0.6 is 11.6 Å². The molecule has 2 unspecified atom stereocenters. The van der Waals surface area contributed by atoms with E-state index in [0.717, 1.165) is 0 Å². The van der Waals surface area contributed by atoms with E-state index in [9.17, 15) is 4.79 Å². The summed E-state index contributed by atoms with van der Waals surface area (Å²) in [6.07, 6.45) is 0. The van der Waals surface area contributed by atoms with Crippen molar-refractivity contribution >= 4 is 17.5 Å². The molecule has 14 heavy (non-hydrogen) atoms. The average molecular weight is 220 g/mol. The molecule has 0 aliphatic carbocycles. The number of rotatable bonds is 3. The number of carbonyl (C=O) groups excluding carboxylic acids is 1. The van der Waals surface area contributed by atoms with E-state index in [1.165, 1.54) is 0 Å². The van der Waals surface area contributed by atoms with Gasteiger partial charge < -0.3 is 4.90 Å². The number of amides is 1. The van der Waals surface area contributed by atoms with Gasteiger partial charge in [0, 0.05) is 24.9 Å². The Morgan fingerprint density at radius 1 is 1.36 bits per heavy atom. The lowest BCUT2D eigenvalue weighted by molar-refractivity contribution is -0.136. The smallest absolute Gasteiger partial charge is 0.226 e. The van der Waals surface area contributed by atoms with Crippen LogP contribution in [0.25, 0.3) is 0 Å². The summed E-state index contributed by atoms with van der Waals surface area (Å²) in [5.41, 5.74) is 0.108. The maximum Gasteiger partial charge on any atom is 0.226 e. The van der Waals surface area contributed by atoms with Crippen molar-refractivity contribution in [3.8, 4) is 0 Å². The fourth-order valence-electron chi connectivity index (χ4n) is 1.19. The first-order valence-corrected chi connectivity index (χ1v) is 5.58. The lowest BCUT2D eigenvalue weighted by Gasteiger charge is -2.36. The van der Waals surface area contributed by atoms with Crippen molar-refractivity contribution in [1.82, 2.24) is 4.90 Å². The third-order valence-corrected chi connectivity index (χ3v) is 3.30. The molecule has 84 valence electrons. The number of carbonyl (C=O) groups is 1. The van der Waals surface area contributed by atoms with Crippen LogP contribution in [-0.2, 0) is 4.79 Å². The molecule has 0 fully saturated rings. The maximum absolute atomic E-state index is 11.8. The maximum atomic E-state index is 11.8. The summed E-state index contributed by atoms with van der Waals surface area (Å²) in [5, 5.41) is 0. The van der Waals surface area contributed by atoms with Crippen molar-refractivity contribution in [3.05, 3.63) is 0 Å². The van der Waals surface area contributed by atoms with Gasteiger partial charge >= 0.3 is 0 Å². The van der Waals surface area contributed by atoms with Gasteiger partial charge in [-0.15, -0.1) is 11.6 Å². The summed E-state index contributed by atoms with van der Waals surface area (Å²) in [4.78, 5) is 13.6. The van der Waals surface area contributed by atoms with E-state index in [1.54, 1.807) is 4.90 Å². The lowest BCUT2D eigenvalue weighted by Crippen LogP contribution is -2.45.